The largest absolute Gasteiger partial charge is 0.260 e. The van der Waals surface area contributed by atoms with Gasteiger partial charge in [-0.1, -0.05) is 76.3 Å². The fourth-order valence-corrected chi connectivity index (χ4v) is 4.50. The minimum absolute atomic E-state index is 0.679. The summed E-state index contributed by atoms with van der Waals surface area (Å²) in [6.07, 6.45) is 16.8. The third-order valence-electron chi connectivity index (χ3n) is 6.37. The first-order valence-corrected chi connectivity index (χ1v) is 11.4. The van der Waals surface area contributed by atoms with Crippen molar-refractivity contribution in [3.63, 3.8) is 0 Å². The second-order valence-electron chi connectivity index (χ2n) is 8.49. The molecule has 1 aliphatic rings. The molecule has 0 spiro atoms. The first-order valence-electron chi connectivity index (χ1n) is 11.4. The molecule has 1 heteroatoms. The summed E-state index contributed by atoms with van der Waals surface area (Å²) in [5.74, 6) is 1.65. The lowest BCUT2D eigenvalue weighted by atomic mass is 9.78. The summed E-state index contributed by atoms with van der Waals surface area (Å²) in [7, 11) is 0. The Morgan fingerprint density at radius 3 is 2.11 bits per heavy atom. The van der Waals surface area contributed by atoms with Crippen molar-refractivity contribution in [2.75, 3.05) is 0 Å². The highest BCUT2D eigenvalue weighted by molar-refractivity contribution is 5.62. The number of unbranched alkanes of at least 4 members (excludes halogenated alkanes) is 3. The number of aromatic nitrogens is 1. The second kappa shape index (κ2) is 10.6. The van der Waals surface area contributed by atoms with Crippen molar-refractivity contribution in [1.82, 2.24) is 4.98 Å². The molecule has 0 unspecified atom stereocenters. The van der Waals surface area contributed by atoms with Crippen LogP contribution in [0.5, 0.6) is 0 Å². The van der Waals surface area contributed by atoms with Crippen LogP contribution in [0.25, 0.3) is 11.1 Å². The van der Waals surface area contributed by atoms with Crippen molar-refractivity contribution in [1.29, 1.82) is 0 Å². The van der Waals surface area contributed by atoms with Crippen LogP contribution in [0.15, 0.2) is 42.6 Å². The molecule has 1 aliphatic carbocycles. The van der Waals surface area contributed by atoms with Crippen LogP contribution < -0.4 is 0 Å². The predicted octanol–water partition coefficient (Wildman–Crippen LogP) is 7.95. The Balaban J connectivity index is 1.54. The highest BCUT2D eigenvalue weighted by atomic mass is 14.7. The average Bonchev–Trinajstić information content (AvgIpc) is 2.73. The number of nitrogens with zero attached hydrogens (tertiary/aromatic N) is 1. The Hall–Kier alpha value is -1.63. The summed E-state index contributed by atoms with van der Waals surface area (Å²) >= 11 is 0. The topological polar surface area (TPSA) is 12.9 Å². The summed E-state index contributed by atoms with van der Waals surface area (Å²) < 4.78 is 0. The highest BCUT2D eigenvalue weighted by Gasteiger charge is 2.22. The lowest BCUT2D eigenvalue weighted by molar-refractivity contribution is 0.301. The van der Waals surface area contributed by atoms with Gasteiger partial charge in [0.1, 0.15) is 0 Å². The molecule has 3 rings (SSSR count). The van der Waals surface area contributed by atoms with E-state index < -0.39 is 0 Å². The molecular formula is C26H37N. The first kappa shape index (κ1) is 20.1. The van der Waals surface area contributed by atoms with Crippen molar-refractivity contribution in [2.24, 2.45) is 5.92 Å². The van der Waals surface area contributed by atoms with Gasteiger partial charge in [-0.25, -0.2) is 0 Å². The molecule has 1 aromatic heterocycles. The van der Waals surface area contributed by atoms with Crippen LogP contribution >= 0.6 is 0 Å². The average molecular weight is 364 g/mol. The maximum atomic E-state index is 4.85. The lowest BCUT2D eigenvalue weighted by Gasteiger charge is -2.28. The SMILES string of the molecule is CCCCCc1ccc(-c2ccc(C3CCC(CCCC)CC3)nc2)cc1. The highest BCUT2D eigenvalue weighted by Crippen LogP contribution is 2.37. The summed E-state index contributed by atoms with van der Waals surface area (Å²) in [4.78, 5) is 4.85. The minimum Gasteiger partial charge on any atom is -0.260 e. The first-order chi connectivity index (χ1) is 13.3. The van der Waals surface area contributed by atoms with E-state index >= 15 is 0 Å². The van der Waals surface area contributed by atoms with Gasteiger partial charge >= 0.3 is 0 Å². The molecule has 0 N–H and O–H groups in total. The fourth-order valence-electron chi connectivity index (χ4n) is 4.50. The Bertz CT molecular complexity index is 648. The van der Waals surface area contributed by atoms with Gasteiger partial charge in [0.2, 0.25) is 0 Å². The molecule has 0 amide bonds. The Kier molecular flexibility index (Phi) is 7.93. The molecule has 27 heavy (non-hydrogen) atoms. The van der Waals surface area contributed by atoms with Gasteiger partial charge in [0.05, 0.1) is 0 Å². The van der Waals surface area contributed by atoms with Crippen LogP contribution in [0, 0.1) is 5.92 Å². The quantitative estimate of drug-likeness (QED) is 0.412. The Labute approximate surface area is 166 Å². The number of aryl methyl sites for hydroxylation is 1. The van der Waals surface area contributed by atoms with Gasteiger partial charge in [-0.05, 0) is 61.6 Å². The molecule has 0 radical (unpaired) electrons. The fraction of sp³-hybridized carbons (Fsp3) is 0.577. The monoisotopic (exact) mass is 363 g/mol. The predicted molar refractivity (Wildman–Crippen MR) is 117 cm³/mol. The van der Waals surface area contributed by atoms with E-state index in [0.29, 0.717) is 5.92 Å². The van der Waals surface area contributed by atoms with E-state index in [-0.39, 0.29) is 0 Å². The van der Waals surface area contributed by atoms with Crippen LogP contribution in [-0.4, -0.2) is 4.98 Å². The molecule has 1 fully saturated rings. The van der Waals surface area contributed by atoms with Crippen LogP contribution in [0.2, 0.25) is 0 Å². The van der Waals surface area contributed by atoms with Gasteiger partial charge < -0.3 is 0 Å². The maximum absolute atomic E-state index is 4.85. The van der Waals surface area contributed by atoms with Crippen molar-refractivity contribution in [3.05, 3.63) is 53.9 Å². The van der Waals surface area contributed by atoms with Crippen LogP contribution in [0.4, 0.5) is 0 Å². The van der Waals surface area contributed by atoms with E-state index in [0.717, 1.165) is 5.92 Å². The minimum atomic E-state index is 0.679. The van der Waals surface area contributed by atoms with Crippen molar-refractivity contribution >= 4 is 0 Å². The second-order valence-corrected chi connectivity index (χ2v) is 8.49. The lowest BCUT2D eigenvalue weighted by Crippen LogP contribution is -2.14. The number of benzene rings is 1. The van der Waals surface area contributed by atoms with Crippen molar-refractivity contribution in [2.45, 2.75) is 90.4 Å². The van der Waals surface area contributed by atoms with Crippen molar-refractivity contribution < 1.29 is 0 Å². The Morgan fingerprint density at radius 2 is 1.48 bits per heavy atom. The van der Waals surface area contributed by atoms with E-state index in [2.05, 4.69) is 56.4 Å². The zero-order chi connectivity index (χ0) is 18.9. The normalized spacial score (nSPS) is 19.9. The molecule has 1 nitrogen and oxygen atoms in total. The van der Waals surface area contributed by atoms with E-state index in [4.69, 9.17) is 4.98 Å². The molecule has 146 valence electrons. The maximum Gasteiger partial charge on any atom is 0.0434 e. The summed E-state index contributed by atoms with van der Waals surface area (Å²) in [6.45, 7) is 4.56. The van der Waals surface area contributed by atoms with Gasteiger partial charge in [0.15, 0.2) is 0 Å². The summed E-state index contributed by atoms with van der Waals surface area (Å²) in [5, 5.41) is 0. The summed E-state index contributed by atoms with van der Waals surface area (Å²) in [5.41, 5.74) is 5.30. The number of rotatable bonds is 9. The van der Waals surface area contributed by atoms with E-state index in [1.54, 1.807) is 0 Å². The summed E-state index contributed by atoms with van der Waals surface area (Å²) in [6, 6.07) is 13.7. The van der Waals surface area contributed by atoms with Gasteiger partial charge in [-0.2, -0.15) is 0 Å². The molecule has 1 saturated carbocycles. The number of hydrogen-bond acceptors (Lipinski definition) is 1. The molecule has 1 heterocycles. The molecular weight excluding hydrogens is 326 g/mol. The van der Waals surface area contributed by atoms with Gasteiger partial charge in [0.25, 0.3) is 0 Å². The zero-order valence-electron chi connectivity index (χ0n) is 17.4. The molecule has 0 aliphatic heterocycles. The number of pyridine rings is 1. The van der Waals surface area contributed by atoms with Crippen LogP contribution in [0.1, 0.15) is 95.2 Å². The van der Waals surface area contributed by atoms with E-state index in [1.165, 1.54) is 93.0 Å². The van der Waals surface area contributed by atoms with Gasteiger partial charge in [-0.15, -0.1) is 0 Å². The third kappa shape index (κ3) is 5.92. The molecule has 0 saturated heterocycles. The molecule has 1 aromatic carbocycles. The van der Waals surface area contributed by atoms with Crippen molar-refractivity contribution in [3.8, 4) is 11.1 Å². The zero-order valence-corrected chi connectivity index (χ0v) is 17.4. The van der Waals surface area contributed by atoms with Gasteiger partial charge in [-0.3, -0.25) is 4.98 Å². The molecule has 0 atom stereocenters. The standard InChI is InChI=1S/C26H37N/c1-3-5-7-9-22-10-14-23(15-11-22)25-18-19-26(27-20-25)24-16-12-21(13-17-24)8-6-4-2/h10-11,14-15,18-21,24H,3-9,12-13,16-17H2,1-2H3. The number of hydrogen-bond donors (Lipinski definition) is 0. The Morgan fingerprint density at radius 1 is 0.778 bits per heavy atom. The van der Waals surface area contributed by atoms with Gasteiger partial charge in [0, 0.05) is 23.4 Å². The van der Waals surface area contributed by atoms with Crippen LogP contribution in [-0.2, 0) is 6.42 Å². The van der Waals surface area contributed by atoms with E-state index in [1.807, 2.05) is 0 Å². The van der Waals surface area contributed by atoms with E-state index in [9.17, 15) is 0 Å². The third-order valence-corrected chi connectivity index (χ3v) is 6.37. The molecule has 2 aromatic rings. The molecule has 0 bridgehead atoms. The van der Waals surface area contributed by atoms with Crippen LogP contribution in [0.3, 0.4) is 0 Å². The smallest absolute Gasteiger partial charge is 0.0434 e.